The molecule has 0 bridgehead atoms. The van der Waals surface area contributed by atoms with Crippen LogP contribution in [0.5, 0.6) is 0 Å². The van der Waals surface area contributed by atoms with E-state index >= 15 is 0 Å². The largest absolute Gasteiger partial charge is 0.481 e. The van der Waals surface area contributed by atoms with Gasteiger partial charge >= 0.3 is 11.9 Å². The van der Waals surface area contributed by atoms with E-state index in [1.54, 1.807) is 0 Å². The molecule has 0 aliphatic heterocycles. The van der Waals surface area contributed by atoms with Crippen LogP contribution in [0.1, 0.15) is 77.0 Å². The SMILES string of the molecule is O=C(O)CCCCCCCCCC(CCCC(=O)O)[N+](=O)[O-]. The van der Waals surface area contributed by atoms with Crippen LogP contribution in [0.15, 0.2) is 0 Å². The molecule has 0 saturated heterocycles. The van der Waals surface area contributed by atoms with Gasteiger partial charge in [0, 0.05) is 30.6 Å². The molecule has 1 atom stereocenters. The average Bonchev–Trinajstić information content (AvgIpc) is 2.42. The number of aliphatic carboxylic acids is 2. The molecule has 1 unspecified atom stereocenters. The minimum absolute atomic E-state index is 0.0132. The zero-order valence-corrected chi connectivity index (χ0v) is 13.0. The van der Waals surface area contributed by atoms with Gasteiger partial charge in [0.05, 0.1) is 0 Å². The maximum absolute atomic E-state index is 10.9. The smallest absolute Gasteiger partial charge is 0.303 e. The van der Waals surface area contributed by atoms with E-state index in [4.69, 9.17) is 10.2 Å². The van der Waals surface area contributed by atoms with Crippen LogP contribution < -0.4 is 0 Å². The highest BCUT2D eigenvalue weighted by Gasteiger charge is 2.19. The van der Waals surface area contributed by atoms with E-state index in [0.29, 0.717) is 25.7 Å². The maximum atomic E-state index is 10.9. The highest BCUT2D eigenvalue weighted by molar-refractivity contribution is 5.66. The molecule has 0 spiro atoms. The summed E-state index contributed by atoms with van der Waals surface area (Å²) in [5, 5.41) is 27.9. The standard InChI is InChI=1S/C15H27NO6/c17-14(18)11-7-5-3-1-2-4-6-9-13(16(21)22)10-8-12-15(19)20/h13H,1-12H2,(H,17,18)(H,19,20). The molecule has 0 aromatic carbocycles. The summed E-state index contributed by atoms with van der Waals surface area (Å²) >= 11 is 0. The molecule has 0 rings (SSSR count). The van der Waals surface area contributed by atoms with Gasteiger partial charge in [-0.3, -0.25) is 19.7 Å². The van der Waals surface area contributed by atoms with Crippen molar-refractivity contribution in [2.45, 2.75) is 83.1 Å². The summed E-state index contributed by atoms with van der Waals surface area (Å²) in [6, 6.07) is -0.630. The summed E-state index contributed by atoms with van der Waals surface area (Å²) in [7, 11) is 0. The molecule has 7 nitrogen and oxygen atoms in total. The Morgan fingerprint density at radius 3 is 1.68 bits per heavy atom. The quantitative estimate of drug-likeness (QED) is 0.271. The number of hydrogen-bond acceptors (Lipinski definition) is 4. The number of unbranched alkanes of at least 4 members (excludes halogenated alkanes) is 6. The number of carbonyl (C=O) groups is 2. The molecule has 0 saturated carbocycles. The Labute approximate surface area is 130 Å². The normalized spacial score (nSPS) is 12.0. The third kappa shape index (κ3) is 13.3. The summed E-state index contributed by atoms with van der Waals surface area (Å²) < 4.78 is 0. The van der Waals surface area contributed by atoms with Crippen LogP contribution in [0, 0.1) is 10.1 Å². The molecule has 7 heteroatoms. The van der Waals surface area contributed by atoms with Gasteiger partial charge in [-0.25, -0.2) is 0 Å². The van der Waals surface area contributed by atoms with Crippen LogP contribution in [0.3, 0.4) is 0 Å². The zero-order chi connectivity index (χ0) is 16.8. The third-order valence-electron chi connectivity index (χ3n) is 3.65. The Morgan fingerprint density at radius 1 is 0.773 bits per heavy atom. The molecule has 0 aliphatic carbocycles. The molecule has 0 heterocycles. The second-order valence-corrected chi connectivity index (χ2v) is 5.63. The second kappa shape index (κ2) is 13.0. The summed E-state index contributed by atoms with van der Waals surface area (Å²) in [5.41, 5.74) is 0. The summed E-state index contributed by atoms with van der Waals surface area (Å²) in [4.78, 5) is 31.3. The van der Waals surface area contributed by atoms with Crippen LogP contribution in [0.4, 0.5) is 0 Å². The average molecular weight is 317 g/mol. The predicted molar refractivity (Wildman–Crippen MR) is 81.5 cm³/mol. The Balaban J connectivity index is 3.54. The Morgan fingerprint density at radius 2 is 1.18 bits per heavy atom. The van der Waals surface area contributed by atoms with Crippen molar-refractivity contribution < 1.29 is 24.7 Å². The van der Waals surface area contributed by atoms with Crippen LogP contribution >= 0.6 is 0 Å². The first-order valence-electron chi connectivity index (χ1n) is 8.00. The number of rotatable bonds is 15. The first-order chi connectivity index (χ1) is 10.4. The fourth-order valence-electron chi connectivity index (χ4n) is 2.38. The van der Waals surface area contributed by atoms with Gasteiger partial charge in [0.1, 0.15) is 0 Å². The minimum atomic E-state index is -0.912. The van der Waals surface area contributed by atoms with Crippen LogP contribution in [0.2, 0.25) is 0 Å². The van der Waals surface area contributed by atoms with Crippen molar-refractivity contribution in [3.05, 3.63) is 10.1 Å². The molecule has 0 aromatic heterocycles. The molecule has 0 aliphatic rings. The first kappa shape index (κ1) is 20.3. The molecule has 22 heavy (non-hydrogen) atoms. The molecular weight excluding hydrogens is 290 g/mol. The second-order valence-electron chi connectivity index (χ2n) is 5.63. The van der Waals surface area contributed by atoms with Gasteiger partial charge in [-0.05, 0) is 19.3 Å². The monoisotopic (exact) mass is 317 g/mol. The van der Waals surface area contributed by atoms with E-state index in [-0.39, 0.29) is 17.8 Å². The molecular formula is C15H27NO6. The topological polar surface area (TPSA) is 118 Å². The molecule has 2 N–H and O–H groups in total. The molecule has 0 aromatic rings. The lowest BCUT2D eigenvalue weighted by Gasteiger charge is -2.08. The number of carboxylic acid groups (broad SMARTS) is 2. The molecule has 0 amide bonds. The van der Waals surface area contributed by atoms with Gasteiger partial charge in [0.2, 0.25) is 6.04 Å². The number of hydrogen-bond donors (Lipinski definition) is 2. The summed E-state index contributed by atoms with van der Waals surface area (Å²) in [5.74, 6) is -1.67. The van der Waals surface area contributed by atoms with Gasteiger partial charge in [-0.1, -0.05) is 32.1 Å². The molecule has 128 valence electrons. The lowest BCUT2D eigenvalue weighted by molar-refractivity contribution is -0.524. The van der Waals surface area contributed by atoms with Crippen molar-refractivity contribution in [1.29, 1.82) is 0 Å². The number of nitrogens with zero attached hydrogens (tertiary/aromatic N) is 1. The van der Waals surface area contributed by atoms with Gasteiger partial charge in [-0.2, -0.15) is 0 Å². The maximum Gasteiger partial charge on any atom is 0.303 e. The first-order valence-corrected chi connectivity index (χ1v) is 8.00. The Hall–Kier alpha value is -1.66. The van der Waals surface area contributed by atoms with E-state index in [1.807, 2.05) is 0 Å². The highest BCUT2D eigenvalue weighted by atomic mass is 16.6. The van der Waals surface area contributed by atoms with Crippen LogP contribution in [-0.4, -0.2) is 33.1 Å². The third-order valence-corrected chi connectivity index (χ3v) is 3.65. The van der Waals surface area contributed by atoms with Crippen LogP contribution in [-0.2, 0) is 9.59 Å². The van der Waals surface area contributed by atoms with Crippen LogP contribution in [0.25, 0.3) is 0 Å². The van der Waals surface area contributed by atoms with Crippen molar-refractivity contribution in [2.75, 3.05) is 0 Å². The fourth-order valence-corrected chi connectivity index (χ4v) is 2.38. The Bertz CT molecular complexity index is 345. The van der Waals surface area contributed by atoms with Crippen molar-refractivity contribution in [3.8, 4) is 0 Å². The number of carboxylic acids is 2. The van der Waals surface area contributed by atoms with E-state index in [2.05, 4.69) is 0 Å². The molecule has 0 radical (unpaired) electrons. The van der Waals surface area contributed by atoms with Crippen molar-refractivity contribution in [3.63, 3.8) is 0 Å². The van der Waals surface area contributed by atoms with Crippen molar-refractivity contribution >= 4 is 11.9 Å². The lowest BCUT2D eigenvalue weighted by Crippen LogP contribution is -2.19. The fraction of sp³-hybridized carbons (Fsp3) is 0.867. The summed E-state index contributed by atoms with van der Waals surface area (Å²) in [6.45, 7) is 0. The molecule has 0 fully saturated rings. The minimum Gasteiger partial charge on any atom is -0.481 e. The predicted octanol–water partition coefficient (Wildman–Crippen LogP) is 3.48. The van der Waals surface area contributed by atoms with E-state index in [9.17, 15) is 19.7 Å². The van der Waals surface area contributed by atoms with Crippen molar-refractivity contribution in [1.82, 2.24) is 0 Å². The van der Waals surface area contributed by atoms with E-state index in [1.165, 1.54) is 0 Å². The van der Waals surface area contributed by atoms with E-state index in [0.717, 1.165) is 38.5 Å². The van der Waals surface area contributed by atoms with E-state index < -0.39 is 18.0 Å². The van der Waals surface area contributed by atoms with Gasteiger partial charge in [0.25, 0.3) is 0 Å². The highest BCUT2D eigenvalue weighted by Crippen LogP contribution is 2.15. The number of nitro groups is 1. The van der Waals surface area contributed by atoms with Crippen molar-refractivity contribution in [2.24, 2.45) is 0 Å². The van der Waals surface area contributed by atoms with Gasteiger partial charge < -0.3 is 10.2 Å². The Kier molecular flexibility index (Phi) is 12.1. The lowest BCUT2D eigenvalue weighted by atomic mass is 10.0. The van der Waals surface area contributed by atoms with Gasteiger partial charge in [-0.15, -0.1) is 0 Å². The summed E-state index contributed by atoms with van der Waals surface area (Å²) in [6.07, 6.45) is 7.78. The zero-order valence-electron chi connectivity index (χ0n) is 13.0. The van der Waals surface area contributed by atoms with Gasteiger partial charge in [0.15, 0.2) is 0 Å².